The van der Waals surface area contributed by atoms with Gasteiger partial charge in [0.25, 0.3) is 5.69 Å². The molecule has 6 nitrogen and oxygen atoms in total. The molecule has 0 radical (unpaired) electrons. The van der Waals surface area contributed by atoms with Crippen LogP contribution in [0, 0.1) is 16.0 Å². The molecule has 0 saturated carbocycles. The van der Waals surface area contributed by atoms with Gasteiger partial charge in [0.05, 0.1) is 11.5 Å². The number of aliphatic imine (C=N–C) groups is 1. The van der Waals surface area contributed by atoms with Crippen LogP contribution < -0.4 is 10.6 Å². The number of nitro benzene ring substituents is 1. The second-order valence-electron chi connectivity index (χ2n) is 5.19. The second kappa shape index (κ2) is 12.1. The molecular weight excluding hydrogens is 407 g/mol. The molecule has 0 saturated heterocycles. The number of rotatable bonds is 8. The predicted octanol–water partition coefficient (Wildman–Crippen LogP) is 3.70. The average Bonchev–Trinajstić information content (AvgIpc) is 2.53. The predicted molar refractivity (Wildman–Crippen MR) is 105 cm³/mol. The fraction of sp³-hybridized carbons (Fsp3) is 0.562. The van der Waals surface area contributed by atoms with Crippen molar-refractivity contribution in [3.63, 3.8) is 0 Å². The highest BCUT2D eigenvalue weighted by Gasteiger charge is 2.07. The maximum atomic E-state index is 10.8. The zero-order valence-corrected chi connectivity index (χ0v) is 16.4. The van der Waals surface area contributed by atoms with E-state index < -0.39 is 0 Å². The first-order valence-electron chi connectivity index (χ1n) is 7.86. The maximum absolute atomic E-state index is 10.8. The van der Waals surface area contributed by atoms with E-state index >= 15 is 0 Å². The zero-order valence-electron chi connectivity index (χ0n) is 14.0. The minimum absolute atomic E-state index is 0. The molecule has 0 atom stereocenters. The maximum Gasteiger partial charge on any atom is 0.269 e. The molecule has 23 heavy (non-hydrogen) atoms. The lowest BCUT2D eigenvalue weighted by molar-refractivity contribution is -0.384. The lowest BCUT2D eigenvalue weighted by atomic mass is 10.0. The molecule has 0 bridgehead atoms. The fourth-order valence-corrected chi connectivity index (χ4v) is 2.10. The van der Waals surface area contributed by atoms with Crippen LogP contribution in [0.5, 0.6) is 0 Å². The molecule has 0 amide bonds. The van der Waals surface area contributed by atoms with E-state index in [1.54, 1.807) is 12.1 Å². The number of non-ortho nitro benzene ring substituents is 1. The number of guanidine groups is 1. The van der Waals surface area contributed by atoms with Gasteiger partial charge in [-0.25, -0.2) is 4.99 Å². The van der Waals surface area contributed by atoms with E-state index in [-0.39, 0.29) is 34.6 Å². The van der Waals surface area contributed by atoms with Crippen molar-refractivity contribution in [1.29, 1.82) is 0 Å². The van der Waals surface area contributed by atoms with Gasteiger partial charge in [-0.05, 0) is 18.4 Å². The van der Waals surface area contributed by atoms with E-state index in [2.05, 4.69) is 29.5 Å². The Kier molecular flexibility index (Phi) is 11.4. The highest BCUT2D eigenvalue weighted by Crippen LogP contribution is 2.13. The molecule has 1 aromatic rings. The van der Waals surface area contributed by atoms with Gasteiger partial charge in [0, 0.05) is 25.2 Å². The number of nitro groups is 1. The minimum Gasteiger partial charge on any atom is -0.357 e. The quantitative estimate of drug-likeness (QED) is 0.215. The summed E-state index contributed by atoms with van der Waals surface area (Å²) in [5, 5.41) is 17.3. The third-order valence-corrected chi connectivity index (χ3v) is 3.60. The number of benzene rings is 1. The number of nitrogens with zero attached hydrogens (tertiary/aromatic N) is 2. The molecule has 0 aliphatic rings. The van der Waals surface area contributed by atoms with Crippen molar-refractivity contribution < 1.29 is 4.92 Å². The molecule has 1 aromatic carbocycles. The Morgan fingerprint density at radius 1 is 1.26 bits per heavy atom. The van der Waals surface area contributed by atoms with Crippen LogP contribution in [0.1, 0.15) is 39.2 Å². The monoisotopic (exact) mass is 434 g/mol. The Labute approximate surface area is 155 Å². The molecule has 130 valence electrons. The van der Waals surface area contributed by atoms with Gasteiger partial charge in [-0.3, -0.25) is 10.1 Å². The van der Waals surface area contributed by atoms with Gasteiger partial charge in [-0.1, -0.05) is 38.8 Å². The standard InChI is InChI=1S/C16H26N4O2.HI/c1-4-13(5-2)11-18-16(17-6-3)19-12-14-8-7-9-15(10-14)20(21)22;/h7-10,13H,4-6,11-12H2,1-3H3,(H2,17,18,19);1H. The van der Waals surface area contributed by atoms with Crippen molar-refractivity contribution >= 4 is 35.6 Å². The van der Waals surface area contributed by atoms with Gasteiger partial charge in [0.1, 0.15) is 0 Å². The van der Waals surface area contributed by atoms with Crippen molar-refractivity contribution in [1.82, 2.24) is 10.6 Å². The van der Waals surface area contributed by atoms with Crippen molar-refractivity contribution in [3.8, 4) is 0 Å². The highest BCUT2D eigenvalue weighted by atomic mass is 127. The highest BCUT2D eigenvalue weighted by molar-refractivity contribution is 14.0. The van der Waals surface area contributed by atoms with Crippen molar-refractivity contribution in [2.45, 2.75) is 40.2 Å². The summed E-state index contributed by atoms with van der Waals surface area (Å²) in [6, 6.07) is 6.59. The van der Waals surface area contributed by atoms with Gasteiger partial charge in [0.15, 0.2) is 5.96 Å². The van der Waals surface area contributed by atoms with Crippen LogP contribution in [0.4, 0.5) is 5.69 Å². The first-order chi connectivity index (χ1) is 10.6. The first-order valence-corrected chi connectivity index (χ1v) is 7.86. The van der Waals surface area contributed by atoms with Crippen LogP contribution in [0.3, 0.4) is 0 Å². The van der Waals surface area contributed by atoms with Gasteiger partial charge in [-0.15, -0.1) is 24.0 Å². The largest absolute Gasteiger partial charge is 0.357 e. The number of hydrogen-bond donors (Lipinski definition) is 2. The number of nitrogens with one attached hydrogen (secondary N) is 2. The van der Waals surface area contributed by atoms with Gasteiger partial charge in [0.2, 0.25) is 0 Å². The summed E-state index contributed by atoms with van der Waals surface area (Å²) in [6.07, 6.45) is 2.27. The van der Waals surface area contributed by atoms with E-state index in [9.17, 15) is 10.1 Å². The SMILES string of the molecule is CCNC(=NCc1cccc([N+](=O)[O-])c1)NCC(CC)CC.I. The summed E-state index contributed by atoms with van der Waals surface area (Å²) >= 11 is 0. The Morgan fingerprint density at radius 2 is 1.96 bits per heavy atom. The smallest absolute Gasteiger partial charge is 0.269 e. The summed E-state index contributed by atoms with van der Waals surface area (Å²) in [7, 11) is 0. The number of hydrogen-bond acceptors (Lipinski definition) is 3. The van der Waals surface area contributed by atoms with E-state index in [4.69, 9.17) is 0 Å². The number of halogens is 1. The molecule has 0 spiro atoms. The Balaban J connectivity index is 0.00000484. The Hall–Kier alpha value is -1.38. The summed E-state index contributed by atoms with van der Waals surface area (Å²) in [6.45, 7) is 8.46. The molecular formula is C16H27IN4O2. The van der Waals surface area contributed by atoms with Crippen LogP contribution in [-0.2, 0) is 6.54 Å². The molecule has 1 rings (SSSR count). The molecule has 0 unspecified atom stereocenters. The summed E-state index contributed by atoms with van der Waals surface area (Å²) in [5.74, 6) is 1.38. The molecule has 2 N–H and O–H groups in total. The van der Waals surface area contributed by atoms with Crippen LogP contribution >= 0.6 is 24.0 Å². The zero-order chi connectivity index (χ0) is 16.4. The van der Waals surface area contributed by atoms with E-state index in [0.29, 0.717) is 12.5 Å². The van der Waals surface area contributed by atoms with E-state index in [1.807, 2.05) is 13.0 Å². The van der Waals surface area contributed by atoms with E-state index in [0.717, 1.165) is 37.5 Å². The summed E-state index contributed by atoms with van der Waals surface area (Å²) in [5.41, 5.74) is 0.927. The fourth-order valence-electron chi connectivity index (χ4n) is 2.10. The normalized spacial score (nSPS) is 11.0. The van der Waals surface area contributed by atoms with Gasteiger partial charge >= 0.3 is 0 Å². The lowest BCUT2D eigenvalue weighted by Crippen LogP contribution is -2.39. The first kappa shape index (κ1) is 21.6. The second-order valence-corrected chi connectivity index (χ2v) is 5.19. The van der Waals surface area contributed by atoms with Crippen LogP contribution in [0.15, 0.2) is 29.3 Å². The van der Waals surface area contributed by atoms with Gasteiger partial charge < -0.3 is 10.6 Å². The van der Waals surface area contributed by atoms with Crippen molar-refractivity contribution in [2.75, 3.05) is 13.1 Å². The summed E-state index contributed by atoms with van der Waals surface area (Å²) in [4.78, 5) is 14.9. The minimum atomic E-state index is -0.385. The molecule has 0 aliphatic heterocycles. The molecule has 0 fully saturated rings. The Morgan fingerprint density at radius 3 is 2.52 bits per heavy atom. The van der Waals surface area contributed by atoms with Crippen molar-refractivity contribution in [3.05, 3.63) is 39.9 Å². The average molecular weight is 434 g/mol. The third kappa shape index (κ3) is 8.15. The molecule has 7 heteroatoms. The summed E-state index contributed by atoms with van der Waals surface area (Å²) < 4.78 is 0. The lowest BCUT2D eigenvalue weighted by Gasteiger charge is -2.16. The molecule has 0 aliphatic carbocycles. The van der Waals surface area contributed by atoms with E-state index in [1.165, 1.54) is 6.07 Å². The molecule has 0 heterocycles. The topological polar surface area (TPSA) is 79.6 Å². The van der Waals surface area contributed by atoms with Crippen LogP contribution in [-0.4, -0.2) is 24.0 Å². The van der Waals surface area contributed by atoms with Crippen LogP contribution in [0.25, 0.3) is 0 Å². The van der Waals surface area contributed by atoms with Gasteiger partial charge in [-0.2, -0.15) is 0 Å². The Bertz CT molecular complexity index is 505. The molecule has 0 aromatic heterocycles. The third-order valence-electron chi connectivity index (χ3n) is 3.60. The van der Waals surface area contributed by atoms with Crippen LogP contribution in [0.2, 0.25) is 0 Å². The van der Waals surface area contributed by atoms with Crippen molar-refractivity contribution in [2.24, 2.45) is 10.9 Å².